The third-order valence-corrected chi connectivity index (χ3v) is 3.94. The Labute approximate surface area is 126 Å². The first-order valence-electron chi connectivity index (χ1n) is 6.39. The van der Waals surface area contributed by atoms with Crippen LogP contribution in [0, 0.1) is 15.4 Å². The molecule has 2 atom stereocenters. The van der Waals surface area contributed by atoms with Crippen LogP contribution in [0.15, 0.2) is 24.3 Å². The standard InChI is InChI=1S/C14H17IN2O2/c1-9-8-12(9)14(19)16-7-6-13(18)17-11-4-2-10(15)3-5-11/h2-5,9,12H,6-8H2,1H3,(H,16,19)(H,17,18). The van der Waals surface area contributed by atoms with Crippen LogP contribution in [0.3, 0.4) is 0 Å². The summed E-state index contributed by atoms with van der Waals surface area (Å²) < 4.78 is 1.13. The van der Waals surface area contributed by atoms with Gasteiger partial charge < -0.3 is 10.6 Å². The number of nitrogens with one attached hydrogen (secondary N) is 2. The Kier molecular flexibility index (Phi) is 4.79. The Morgan fingerprint density at radius 2 is 1.95 bits per heavy atom. The lowest BCUT2D eigenvalue weighted by Crippen LogP contribution is -2.29. The van der Waals surface area contributed by atoms with E-state index < -0.39 is 0 Å². The third-order valence-electron chi connectivity index (χ3n) is 3.23. The topological polar surface area (TPSA) is 58.2 Å². The molecule has 1 aliphatic carbocycles. The fraction of sp³-hybridized carbons (Fsp3) is 0.429. The van der Waals surface area contributed by atoms with E-state index in [2.05, 4.69) is 40.1 Å². The molecule has 102 valence electrons. The number of carbonyl (C=O) groups is 2. The van der Waals surface area contributed by atoms with E-state index in [4.69, 9.17) is 0 Å². The van der Waals surface area contributed by atoms with Crippen molar-refractivity contribution in [2.75, 3.05) is 11.9 Å². The first kappa shape index (κ1) is 14.3. The number of anilines is 1. The summed E-state index contributed by atoms with van der Waals surface area (Å²) in [6, 6.07) is 7.60. The zero-order valence-electron chi connectivity index (χ0n) is 10.8. The van der Waals surface area contributed by atoms with Gasteiger partial charge in [-0.3, -0.25) is 9.59 Å². The molecule has 0 aliphatic heterocycles. The summed E-state index contributed by atoms with van der Waals surface area (Å²) in [5.74, 6) is 0.666. The number of amides is 2. The van der Waals surface area contributed by atoms with Crippen molar-refractivity contribution in [3.8, 4) is 0 Å². The fourth-order valence-electron chi connectivity index (χ4n) is 1.87. The van der Waals surface area contributed by atoms with Gasteiger partial charge in [0.1, 0.15) is 0 Å². The highest BCUT2D eigenvalue weighted by molar-refractivity contribution is 14.1. The number of hydrogen-bond acceptors (Lipinski definition) is 2. The molecule has 0 aromatic heterocycles. The number of hydrogen-bond donors (Lipinski definition) is 2. The maximum absolute atomic E-state index is 11.7. The number of benzene rings is 1. The lowest BCUT2D eigenvalue weighted by Gasteiger charge is -2.06. The Morgan fingerprint density at radius 1 is 1.32 bits per heavy atom. The molecular weight excluding hydrogens is 355 g/mol. The van der Waals surface area contributed by atoms with E-state index in [1.807, 2.05) is 24.3 Å². The van der Waals surface area contributed by atoms with Gasteiger partial charge in [-0.05, 0) is 59.2 Å². The molecule has 0 spiro atoms. The van der Waals surface area contributed by atoms with Gasteiger partial charge in [-0.2, -0.15) is 0 Å². The van der Waals surface area contributed by atoms with Crippen molar-refractivity contribution in [2.24, 2.45) is 11.8 Å². The molecule has 1 saturated carbocycles. The van der Waals surface area contributed by atoms with E-state index >= 15 is 0 Å². The van der Waals surface area contributed by atoms with Crippen molar-refractivity contribution in [3.05, 3.63) is 27.8 Å². The molecule has 0 radical (unpaired) electrons. The maximum Gasteiger partial charge on any atom is 0.226 e. The van der Waals surface area contributed by atoms with E-state index in [0.717, 1.165) is 15.7 Å². The van der Waals surface area contributed by atoms with Crippen molar-refractivity contribution in [3.63, 3.8) is 0 Å². The molecular formula is C14H17IN2O2. The van der Waals surface area contributed by atoms with Crippen LogP contribution in [0.1, 0.15) is 19.8 Å². The van der Waals surface area contributed by atoms with Crippen LogP contribution in [0.4, 0.5) is 5.69 Å². The molecule has 1 fully saturated rings. The zero-order chi connectivity index (χ0) is 13.8. The summed E-state index contributed by atoms with van der Waals surface area (Å²) in [6.07, 6.45) is 1.28. The Balaban J connectivity index is 1.67. The highest BCUT2D eigenvalue weighted by atomic mass is 127. The molecule has 4 nitrogen and oxygen atoms in total. The molecule has 1 aliphatic rings. The van der Waals surface area contributed by atoms with Gasteiger partial charge in [0, 0.05) is 28.1 Å². The predicted octanol–water partition coefficient (Wildman–Crippen LogP) is 2.39. The molecule has 1 aromatic rings. The second-order valence-corrected chi connectivity index (χ2v) is 6.16. The van der Waals surface area contributed by atoms with Crippen LogP contribution in [-0.4, -0.2) is 18.4 Å². The molecule has 2 rings (SSSR count). The first-order chi connectivity index (χ1) is 9.06. The normalized spacial score (nSPS) is 20.7. The molecule has 0 heterocycles. The highest BCUT2D eigenvalue weighted by Crippen LogP contribution is 2.37. The smallest absolute Gasteiger partial charge is 0.226 e. The van der Waals surface area contributed by atoms with E-state index in [9.17, 15) is 9.59 Å². The van der Waals surface area contributed by atoms with Gasteiger partial charge in [-0.15, -0.1) is 0 Å². The van der Waals surface area contributed by atoms with E-state index in [-0.39, 0.29) is 17.7 Å². The van der Waals surface area contributed by atoms with Crippen molar-refractivity contribution in [2.45, 2.75) is 19.8 Å². The van der Waals surface area contributed by atoms with Crippen LogP contribution in [0.5, 0.6) is 0 Å². The van der Waals surface area contributed by atoms with Crippen molar-refractivity contribution >= 4 is 40.1 Å². The van der Waals surface area contributed by atoms with Crippen LogP contribution in [0.25, 0.3) is 0 Å². The molecule has 0 saturated heterocycles. The summed E-state index contributed by atoms with van der Waals surface area (Å²) >= 11 is 2.21. The van der Waals surface area contributed by atoms with E-state index in [1.54, 1.807) is 0 Å². The Bertz CT molecular complexity index is 473. The lowest BCUT2D eigenvalue weighted by atomic mass is 10.3. The number of carbonyl (C=O) groups excluding carboxylic acids is 2. The SMILES string of the molecule is CC1CC1C(=O)NCCC(=O)Nc1ccc(I)cc1. The van der Waals surface area contributed by atoms with Crippen molar-refractivity contribution in [1.29, 1.82) is 0 Å². The van der Waals surface area contributed by atoms with Crippen LogP contribution in [0.2, 0.25) is 0 Å². The summed E-state index contributed by atoms with van der Waals surface area (Å²) in [6.45, 7) is 2.46. The minimum atomic E-state index is -0.0784. The molecule has 2 amide bonds. The summed E-state index contributed by atoms with van der Waals surface area (Å²) in [5.41, 5.74) is 0.785. The molecule has 1 aromatic carbocycles. The Morgan fingerprint density at radius 3 is 2.53 bits per heavy atom. The minimum absolute atomic E-state index is 0.0783. The predicted molar refractivity (Wildman–Crippen MR) is 82.7 cm³/mol. The minimum Gasteiger partial charge on any atom is -0.355 e. The average Bonchev–Trinajstić information content (AvgIpc) is 3.09. The van der Waals surface area contributed by atoms with Gasteiger partial charge in [-0.1, -0.05) is 6.92 Å². The molecule has 19 heavy (non-hydrogen) atoms. The van der Waals surface area contributed by atoms with Gasteiger partial charge in [0.25, 0.3) is 0 Å². The van der Waals surface area contributed by atoms with Crippen LogP contribution < -0.4 is 10.6 Å². The van der Waals surface area contributed by atoms with Gasteiger partial charge in [0.2, 0.25) is 11.8 Å². The quantitative estimate of drug-likeness (QED) is 0.780. The van der Waals surface area contributed by atoms with Gasteiger partial charge >= 0.3 is 0 Å². The summed E-state index contributed by atoms with van der Waals surface area (Å²) in [7, 11) is 0. The van der Waals surface area contributed by atoms with E-state index in [0.29, 0.717) is 18.9 Å². The van der Waals surface area contributed by atoms with Crippen molar-refractivity contribution in [1.82, 2.24) is 5.32 Å². The zero-order valence-corrected chi connectivity index (χ0v) is 12.9. The van der Waals surface area contributed by atoms with Gasteiger partial charge in [0.05, 0.1) is 0 Å². The van der Waals surface area contributed by atoms with Gasteiger partial charge in [0.15, 0.2) is 0 Å². The molecule has 5 heteroatoms. The van der Waals surface area contributed by atoms with Crippen LogP contribution in [-0.2, 0) is 9.59 Å². The van der Waals surface area contributed by atoms with Crippen molar-refractivity contribution < 1.29 is 9.59 Å². The molecule has 0 bridgehead atoms. The van der Waals surface area contributed by atoms with Gasteiger partial charge in [-0.25, -0.2) is 0 Å². The monoisotopic (exact) mass is 372 g/mol. The van der Waals surface area contributed by atoms with Crippen LogP contribution >= 0.6 is 22.6 Å². The summed E-state index contributed by atoms with van der Waals surface area (Å²) in [5, 5.41) is 5.60. The lowest BCUT2D eigenvalue weighted by molar-refractivity contribution is -0.122. The largest absolute Gasteiger partial charge is 0.355 e. The third kappa shape index (κ3) is 4.49. The highest BCUT2D eigenvalue weighted by Gasteiger charge is 2.38. The Hall–Kier alpha value is -1.11. The average molecular weight is 372 g/mol. The second kappa shape index (κ2) is 6.36. The second-order valence-electron chi connectivity index (χ2n) is 4.92. The number of rotatable bonds is 5. The fourth-order valence-corrected chi connectivity index (χ4v) is 2.23. The van der Waals surface area contributed by atoms with E-state index in [1.165, 1.54) is 0 Å². The molecule has 2 unspecified atom stereocenters. The maximum atomic E-state index is 11.7. The molecule has 2 N–H and O–H groups in total. The first-order valence-corrected chi connectivity index (χ1v) is 7.47. The summed E-state index contributed by atoms with van der Waals surface area (Å²) in [4.78, 5) is 23.2. The number of halogens is 1.